The summed E-state index contributed by atoms with van der Waals surface area (Å²) in [6.07, 6.45) is 1.82. The maximum atomic E-state index is 12.1. The van der Waals surface area contributed by atoms with Crippen LogP contribution in [0.1, 0.15) is 19.3 Å². The minimum absolute atomic E-state index is 0.0253. The molecule has 2 aliphatic rings. The summed E-state index contributed by atoms with van der Waals surface area (Å²) in [5.41, 5.74) is 5.53. The number of likely N-dealkylation sites (tertiary alicyclic amines) is 1. The first kappa shape index (κ1) is 15.1. The number of piperidine rings is 1. The fourth-order valence-corrected chi connectivity index (χ4v) is 2.85. The van der Waals surface area contributed by atoms with Crippen LogP contribution in [0.15, 0.2) is 0 Å². The highest BCUT2D eigenvalue weighted by Crippen LogP contribution is 2.19. The second-order valence-corrected chi connectivity index (χ2v) is 5.33. The van der Waals surface area contributed by atoms with Crippen LogP contribution in [0.25, 0.3) is 0 Å². The normalized spacial score (nSPS) is 22.0. The summed E-state index contributed by atoms with van der Waals surface area (Å²) in [4.78, 5) is 27.5. The van der Waals surface area contributed by atoms with Gasteiger partial charge in [0.05, 0.1) is 12.5 Å². The lowest BCUT2D eigenvalue weighted by Gasteiger charge is -2.36. The average Bonchev–Trinajstić information content (AvgIpc) is 2.91. The number of amides is 3. The van der Waals surface area contributed by atoms with Crippen LogP contribution in [0.3, 0.4) is 0 Å². The van der Waals surface area contributed by atoms with Gasteiger partial charge >= 0.3 is 6.03 Å². The van der Waals surface area contributed by atoms with Crippen molar-refractivity contribution in [3.63, 3.8) is 0 Å². The highest BCUT2D eigenvalue weighted by molar-refractivity contribution is 5.77. The Hall–Kier alpha value is -1.34. The first-order valence-corrected chi connectivity index (χ1v) is 7.20. The molecule has 3 amide bonds. The van der Waals surface area contributed by atoms with E-state index < -0.39 is 0 Å². The summed E-state index contributed by atoms with van der Waals surface area (Å²) in [6, 6.07) is 0.284. The molecule has 0 aromatic heterocycles. The number of carbonyl (C=O) groups is 2. The van der Waals surface area contributed by atoms with Crippen molar-refractivity contribution in [3.05, 3.63) is 0 Å². The number of nitrogens with zero attached hydrogens (tertiary/aromatic N) is 2. The van der Waals surface area contributed by atoms with Gasteiger partial charge in [0, 0.05) is 45.9 Å². The molecule has 2 heterocycles. The van der Waals surface area contributed by atoms with Gasteiger partial charge in [0.15, 0.2) is 0 Å². The van der Waals surface area contributed by atoms with E-state index >= 15 is 0 Å². The summed E-state index contributed by atoms with van der Waals surface area (Å²) < 4.78 is 5.14. The fraction of sp³-hybridized carbons (Fsp3) is 0.846. The third kappa shape index (κ3) is 3.40. The molecule has 20 heavy (non-hydrogen) atoms. The molecule has 2 saturated heterocycles. The smallest absolute Gasteiger partial charge is 0.317 e. The Morgan fingerprint density at radius 2 is 2.15 bits per heavy atom. The molecule has 0 radical (unpaired) electrons. The third-order valence-electron chi connectivity index (χ3n) is 4.15. The van der Waals surface area contributed by atoms with Crippen molar-refractivity contribution in [3.8, 4) is 0 Å². The van der Waals surface area contributed by atoms with Crippen LogP contribution in [-0.4, -0.2) is 73.7 Å². The van der Waals surface area contributed by atoms with Crippen LogP contribution in [0, 0.1) is 0 Å². The number of urea groups is 1. The number of nitrogens with two attached hydrogens (primary N) is 1. The van der Waals surface area contributed by atoms with Crippen molar-refractivity contribution in [1.82, 2.24) is 15.1 Å². The summed E-state index contributed by atoms with van der Waals surface area (Å²) in [7, 11) is 1.57. The molecule has 0 aliphatic carbocycles. The lowest BCUT2D eigenvalue weighted by atomic mass is 10.0. The molecule has 114 valence electrons. The quantitative estimate of drug-likeness (QED) is 0.703. The van der Waals surface area contributed by atoms with Gasteiger partial charge in [-0.2, -0.15) is 0 Å². The summed E-state index contributed by atoms with van der Waals surface area (Å²) >= 11 is 0. The van der Waals surface area contributed by atoms with Gasteiger partial charge in [-0.1, -0.05) is 0 Å². The molecular weight excluding hydrogens is 260 g/mol. The van der Waals surface area contributed by atoms with Gasteiger partial charge in [-0.25, -0.2) is 4.79 Å². The van der Waals surface area contributed by atoms with Crippen LogP contribution in [0.2, 0.25) is 0 Å². The van der Waals surface area contributed by atoms with Gasteiger partial charge in [-0.3, -0.25) is 4.79 Å². The zero-order chi connectivity index (χ0) is 14.5. The number of hydrogen-bond acceptors (Lipinski definition) is 4. The number of nitrogens with one attached hydrogen (secondary N) is 1. The van der Waals surface area contributed by atoms with Crippen LogP contribution < -0.4 is 11.1 Å². The number of hydrogen-bond donors (Lipinski definition) is 2. The average molecular weight is 284 g/mol. The van der Waals surface area contributed by atoms with E-state index in [1.165, 1.54) is 0 Å². The summed E-state index contributed by atoms with van der Waals surface area (Å²) in [6.45, 7) is 3.26. The molecular formula is C13H24N4O3. The predicted octanol–water partition coefficient (Wildman–Crippen LogP) is -0.634. The number of carbonyl (C=O) groups excluding carboxylic acids is 2. The molecule has 0 spiro atoms. The largest absolute Gasteiger partial charge is 0.380 e. The standard InChI is InChI=1S/C13H24N4O3/c1-20-11(9-14)8-12(18)16-5-2-10(3-6-16)17-7-4-15-13(17)19/h10-11H,2-9,14H2,1H3,(H,15,19). The molecule has 1 unspecified atom stereocenters. The van der Waals surface area contributed by atoms with Crippen molar-refractivity contribution >= 4 is 11.9 Å². The number of ether oxygens (including phenoxy) is 1. The van der Waals surface area contributed by atoms with Crippen molar-refractivity contribution < 1.29 is 14.3 Å². The van der Waals surface area contributed by atoms with Crippen molar-refractivity contribution in [1.29, 1.82) is 0 Å². The van der Waals surface area contributed by atoms with Gasteiger partial charge < -0.3 is 25.6 Å². The van der Waals surface area contributed by atoms with E-state index in [1.54, 1.807) is 7.11 Å². The molecule has 0 aromatic carbocycles. The first-order chi connectivity index (χ1) is 9.65. The molecule has 0 saturated carbocycles. The van der Waals surface area contributed by atoms with E-state index in [4.69, 9.17) is 10.5 Å². The molecule has 1 atom stereocenters. The molecule has 0 bridgehead atoms. The Kier molecular flexibility index (Phi) is 5.19. The van der Waals surface area contributed by atoms with Gasteiger partial charge in [0.2, 0.25) is 5.91 Å². The Morgan fingerprint density at radius 1 is 1.45 bits per heavy atom. The number of rotatable bonds is 5. The molecule has 2 rings (SSSR count). The van der Waals surface area contributed by atoms with Gasteiger partial charge in [0.1, 0.15) is 0 Å². The lowest BCUT2D eigenvalue weighted by Crippen LogP contribution is -2.48. The Bertz CT molecular complexity index is 352. The zero-order valence-corrected chi connectivity index (χ0v) is 12.0. The van der Waals surface area contributed by atoms with Gasteiger partial charge in [-0.05, 0) is 12.8 Å². The Morgan fingerprint density at radius 3 is 2.65 bits per heavy atom. The van der Waals surface area contributed by atoms with E-state index in [0.717, 1.165) is 25.9 Å². The van der Waals surface area contributed by atoms with Gasteiger partial charge in [-0.15, -0.1) is 0 Å². The maximum absolute atomic E-state index is 12.1. The van der Waals surface area contributed by atoms with E-state index in [9.17, 15) is 9.59 Å². The molecule has 2 fully saturated rings. The second kappa shape index (κ2) is 6.90. The zero-order valence-electron chi connectivity index (χ0n) is 12.0. The van der Waals surface area contributed by atoms with Crippen molar-refractivity contribution in [2.24, 2.45) is 5.73 Å². The first-order valence-electron chi connectivity index (χ1n) is 7.20. The topological polar surface area (TPSA) is 87.9 Å². The molecule has 0 aromatic rings. The van der Waals surface area contributed by atoms with E-state index in [0.29, 0.717) is 26.1 Å². The van der Waals surface area contributed by atoms with E-state index in [2.05, 4.69) is 5.32 Å². The van der Waals surface area contributed by atoms with E-state index in [-0.39, 0.29) is 24.1 Å². The van der Waals surface area contributed by atoms with E-state index in [1.807, 2.05) is 9.80 Å². The highest BCUT2D eigenvalue weighted by atomic mass is 16.5. The SMILES string of the molecule is COC(CN)CC(=O)N1CCC(N2CCNC2=O)CC1. The Labute approximate surface area is 119 Å². The second-order valence-electron chi connectivity index (χ2n) is 5.33. The van der Waals surface area contributed by atoms with Crippen LogP contribution in [-0.2, 0) is 9.53 Å². The highest BCUT2D eigenvalue weighted by Gasteiger charge is 2.32. The minimum atomic E-state index is -0.204. The monoisotopic (exact) mass is 284 g/mol. The maximum Gasteiger partial charge on any atom is 0.317 e. The minimum Gasteiger partial charge on any atom is -0.380 e. The molecule has 3 N–H and O–H groups in total. The van der Waals surface area contributed by atoms with Crippen LogP contribution in [0.4, 0.5) is 4.79 Å². The fourth-order valence-electron chi connectivity index (χ4n) is 2.85. The van der Waals surface area contributed by atoms with Gasteiger partial charge in [0.25, 0.3) is 0 Å². The predicted molar refractivity (Wildman–Crippen MR) is 74.2 cm³/mol. The lowest BCUT2D eigenvalue weighted by molar-refractivity contribution is -0.135. The summed E-state index contributed by atoms with van der Waals surface area (Å²) in [5.74, 6) is 0.0895. The van der Waals surface area contributed by atoms with Crippen molar-refractivity contribution in [2.75, 3.05) is 39.8 Å². The van der Waals surface area contributed by atoms with Crippen LogP contribution in [0.5, 0.6) is 0 Å². The molecule has 2 aliphatic heterocycles. The summed E-state index contributed by atoms with van der Waals surface area (Å²) in [5, 5.41) is 2.82. The van der Waals surface area contributed by atoms with Crippen LogP contribution >= 0.6 is 0 Å². The molecule has 7 heteroatoms. The third-order valence-corrected chi connectivity index (χ3v) is 4.15. The Balaban J connectivity index is 1.78. The van der Waals surface area contributed by atoms with Crippen molar-refractivity contribution in [2.45, 2.75) is 31.4 Å². The molecule has 7 nitrogen and oxygen atoms in total. The number of methoxy groups -OCH3 is 1.